The molecule has 2 heterocycles. The fourth-order valence-corrected chi connectivity index (χ4v) is 5.33. The summed E-state index contributed by atoms with van der Waals surface area (Å²) >= 11 is 0. The molecule has 0 bridgehead atoms. The molecule has 2 amide bonds. The first kappa shape index (κ1) is 27.1. The summed E-state index contributed by atoms with van der Waals surface area (Å²) in [7, 11) is 2.05. The fraction of sp³-hybridized carbons (Fsp3) is 0.552. The average molecular weight is 509 g/mol. The van der Waals surface area contributed by atoms with Gasteiger partial charge < -0.3 is 20.1 Å². The van der Waals surface area contributed by atoms with Crippen LogP contribution in [0.5, 0.6) is 5.75 Å². The lowest BCUT2D eigenvalue weighted by Gasteiger charge is -2.38. The predicted octanol–water partition coefficient (Wildman–Crippen LogP) is 3.95. The molecule has 8 nitrogen and oxygen atoms in total. The molecule has 2 aliphatic rings. The number of pyridine rings is 1. The van der Waals surface area contributed by atoms with E-state index in [0.29, 0.717) is 30.1 Å². The Bertz CT molecular complexity index is 1060. The number of hydrogen-bond acceptors (Lipinski definition) is 6. The average Bonchev–Trinajstić information content (AvgIpc) is 2.91. The molecule has 3 atom stereocenters. The van der Waals surface area contributed by atoms with E-state index in [1.54, 1.807) is 29.4 Å². The van der Waals surface area contributed by atoms with E-state index >= 15 is 0 Å². The molecule has 0 saturated heterocycles. The minimum Gasteiger partial charge on any atom is -0.486 e. The number of rotatable bonds is 8. The van der Waals surface area contributed by atoms with E-state index in [9.17, 15) is 14.7 Å². The van der Waals surface area contributed by atoms with Gasteiger partial charge in [0.1, 0.15) is 6.10 Å². The van der Waals surface area contributed by atoms with Gasteiger partial charge >= 0.3 is 0 Å². The highest BCUT2D eigenvalue weighted by Crippen LogP contribution is 2.36. The molecular formula is C29H40N4O4. The Labute approximate surface area is 220 Å². The zero-order valence-electron chi connectivity index (χ0n) is 22.2. The number of benzene rings is 1. The van der Waals surface area contributed by atoms with E-state index in [4.69, 9.17) is 4.74 Å². The normalized spacial score (nSPS) is 21.5. The number of nitrogens with zero attached hydrogens (tertiary/aromatic N) is 3. The van der Waals surface area contributed by atoms with Gasteiger partial charge in [0.2, 0.25) is 5.91 Å². The van der Waals surface area contributed by atoms with Crippen molar-refractivity contribution in [3.63, 3.8) is 0 Å². The first-order valence-corrected chi connectivity index (χ1v) is 13.5. The molecule has 1 fully saturated rings. The Morgan fingerprint density at radius 1 is 1.22 bits per heavy atom. The first-order valence-electron chi connectivity index (χ1n) is 13.5. The molecule has 8 heteroatoms. The van der Waals surface area contributed by atoms with Gasteiger partial charge in [-0.2, -0.15) is 0 Å². The second kappa shape index (κ2) is 12.5. The molecule has 0 spiro atoms. The van der Waals surface area contributed by atoms with Crippen molar-refractivity contribution in [3.8, 4) is 5.75 Å². The van der Waals surface area contributed by atoms with Crippen LogP contribution < -0.4 is 10.1 Å². The van der Waals surface area contributed by atoms with Gasteiger partial charge in [0.15, 0.2) is 5.75 Å². The summed E-state index contributed by atoms with van der Waals surface area (Å²) in [6.45, 7) is 5.63. The molecule has 4 rings (SSSR count). The van der Waals surface area contributed by atoms with Crippen LogP contribution in [0.4, 0.5) is 5.69 Å². The number of aliphatic hydroxyl groups is 1. The SMILES string of the molecule is C[C@@H]1CN([C@@H](C)CO)C(=O)c2cccc(NC(=O)C3CCCCC3)c2O[C@@H]1CN(C)Cc1ccncc1. The van der Waals surface area contributed by atoms with E-state index < -0.39 is 0 Å². The molecule has 2 aromatic rings. The van der Waals surface area contributed by atoms with Crippen LogP contribution in [0, 0.1) is 11.8 Å². The van der Waals surface area contributed by atoms with E-state index in [2.05, 4.69) is 22.1 Å². The molecule has 1 saturated carbocycles. The topological polar surface area (TPSA) is 95.0 Å². The number of para-hydroxylation sites is 1. The summed E-state index contributed by atoms with van der Waals surface area (Å²) in [6, 6.07) is 9.01. The van der Waals surface area contributed by atoms with Crippen molar-refractivity contribution in [2.24, 2.45) is 11.8 Å². The summed E-state index contributed by atoms with van der Waals surface area (Å²) in [5.74, 6) is 0.196. The van der Waals surface area contributed by atoms with Crippen molar-refractivity contribution >= 4 is 17.5 Å². The molecule has 1 aromatic carbocycles. The largest absolute Gasteiger partial charge is 0.486 e. The molecule has 0 unspecified atom stereocenters. The van der Waals surface area contributed by atoms with Crippen molar-refractivity contribution in [1.29, 1.82) is 0 Å². The Morgan fingerprint density at radius 3 is 2.65 bits per heavy atom. The zero-order valence-corrected chi connectivity index (χ0v) is 22.2. The van der Waals surface area contributed by atoms with Crippen LogP contribution in [0.3, 0.4) is 0 Å². The number of carbonyl (C=O) groups excluding carboxylic acids is 2. The van der Waals surface area contributed by atoms with Crippen molar-refractivity contribution < 1.29 is 19.4 Å². The summed E-state index contributed by atoms with van der Waals surface area (Å²) in [4.78, 5) is 34.8. The third-order valence-electron chi connectivity index (χ3n) is 7.62. The summed E-state index contributed by atoms with van der Waals surface area (Å²) in [6.07, 6.45) is 8.43. The Balaban J connectivity index is 1.63. The lowest BCUT2D eigenvalue weighted by Crippen LogP contribution is -2.49. The summed E-state index contributed by atoms with van der Waals surface area (Å²) < 4.78 is 6.63. The monoisotopic (exact) mass is 508 g/mol. The second-order valence-corrected chi connectivity index (χ2v) is 10.7. The van der Waals surface area contributed by atoms with Gasteiger partial charge in [0.05, 0.1) is 23.9 Å². The van der Waals surface area contributed by atoms with Crippen LogP contribution in [0.25, 0.3) is 0 Å². The van der Waals surface area contributed by atoms with Gasteiger partial charge in [0, 0.05) is 43.9 Å². The van der Waals surface area contributed by atoms with E-state index in [1.165, 1.54) is 6.42 Å². The Morgan fingerprint density at radius 2 is 1.95 bits per heavy atom. The van der Waals surface area contributed by atoms with Crippen LogP contribution in [-0.2, 0) is 11.3 Å². The number of anilines is 1. The van der Waals surface area contributed by atoms with Gasteiger partial charge in [-0.3, -0.25) is 19.5 Å². The minimum absolute atomic E-state index is 0.00640. The number of aromatic nitrogens is 1. The highest BCUT2D eigenvalue weighted by molar-refractivity contribution is 6.02. The number of fused-ring (bicyclic) bond motifs is 1. The lowest BCUT2D eigenvalue weighted by molar-refractivity contribution is -0.120. The smallest absolute Gasteiger partial charge is 0.258 e. The van der Waals surface area contributed by atoms with Crippen LogP contribution in [0.2, 0.25) is 0 Å². The fourth-order valence-electron chi connectivity index (χ4n) is 5.33. The Hall–Kier alpha value is -2.97. The van der Waals surface area contributed by atoms with Gasteiger partial charge in [-0.25, -0.2) is 0 Å². The minimum atomic E-state index is -0.336. The van der Waals surface area contributed by atoms with Crippen LogP contribution in [-0.4, -0.2) is 70.6 Å². The maximum atomic E-state index is 13.7. The van der Waals surface area contributed by atoms with E-state index in [0.717, 1.165) is 37.8 Å². The molecule has 0 radical (unpaired) electrons. The maximum Gasteiger partial charge on any atom is 0.258 e. The standard InChI is InChI=1S/C29H40N4O4/c1-20-16-33(21(2)19-34)29(36)24-10-7-11-25(31-28(35)23-8-5-4-6-9-23)27(24)37-26(20)18-32(3)17-22-12-14-30-15-13-22/h7,10-15,20-21,23,26,34H,4-6,8-9,16-19H2,1-3H3,(H,31,35)/t20-,21+,26-/m1/s1. The van der Waals surface area contributed by atoms with Crippen molar-refractivity contribution in [3.05, 3.63) is 53.9 Å². The summed E-state index contributed by atoms with van der Waals surface area (Å²) in [5.41, 5.74) is 2.10. The molecule has 200 valence electrons. The van der Waals surface area contributed by atoms with Crippen molar-refractivity contribution in [2.45, 2.75) is 64.6 Å². The zero-order chi connectivity index (χ0) is 26.4. The molecule has 2 N–H and O–H groups in total. The third-order valence-corrected chi connectivity index (χ3v) is 7.62. The van der Waals surface area contributed by atoms with Crippen molar-refractivity contribution in [1.82, 2.24) is 14.8 Å². The molecular weight excluding hydrogens is 468 g/mol. The van der Waals surface area contributed by atoms with Gasteiger partial charge in [-0.15, -0.1) is 0 Å². The van der Waals surface area contributed by atoms with Crippen LogP contribution in [0.15, 0.2) is 42.7 Å². The lowest BCUT2D eigenvalue weighted by atomic mass is 9.88. The highest BCUT2D eigenvalue weighted by atomic mass is 16.5. The number of ether oxygens (including phenoxy) is 1. The van der Waals surface area contributed by atoms with Gasteiger partial charge in [-0.05, 0) is 56.6 Å². The molecule has 37 heavy (non-hydrogen) atoms. The van der Waals surface area contributed by atoms with E-state index in [1.807, 2.05) is 32.2 Å². The van der Waals surface area contributed by atoms with Crippen LogP contribution in [0.1, 0.15) is 61.9 Å². The van der Waals surface area contributed by atoms with Crippen molar-refractivity contribution in [2.75, 3.05) is 32.1 Å². The molecule has 1 aliphatic heterocycles. The first-order chi connectivity index (χ1) is 17.9. The molecule has 1 aromatic heterocycles. The molecule has 1 aliphatic carbocycles. The number of likely N-dealkylation sites (N-methyl/N-ethyl adjacent to an activating group) is 1. The highest BCUT2D eigenvalue weighted by Gasteiger charge is 2.35. The third kappa shape index (κ3) is 6.67. The summed E-state index contributed by atoms with van der Waals surface area (Å²) in [5, 5.41) is 13.0. The number of hydrogen-bond donors (Lipinski definition) is 2. The predicted molar refractivity (Wildman–Crippen MR) is 143 cm³/mol. The number of nitrogens with one attached hydrogen (secondary N) is 1. The quantitative estimate of drug-likeness (QED) is 0.561. The van der Waals surface area contributed by atoms with Gasteiger partial charge in [0.25, 0.3) is 5.91 Å². The maximum absolute atomic E-state index is 13.7. The van der Waals surface area contributed by atoms with Gasteiger partial charge in [-0.1, -0.05) is 32.3 Å². The number of aliphatic hydroxyl groups excluding tert-OH is 1. The number of carbonyl (C=O) groups is 2. The van der Waals surface area contributed by atoms with E-state index in [-0.39, 0.29) is 42.4 Å². The van der Waals surface area contributed by atoms with Crippen LogP contribution >= 0.6 is 0 Å². The Kier molecular flexibility index (Phi) is 9.16. The second-order valence-electron chi connectivity index (χ2n) is 10.7. The number of amides is 2.